The quantitative estimate of drug-likeness (QED) is 0.245. The monoisotopic (exact) mass is 560 g/mol. The first-order valence-electron chi connectivity index (χ1n) is 12.4. The minimum absolute atomic E-state index is 0.103. The lowest BCUT2D eigenvalue weighted by molar-refractivity contribution is -0.117. The Morgan fingerprint density at radius 3 is 2.03 bits per heavy atom. The van der Waals surface area contributed by atoms with E-state index in [-0.39, 0.29) is 28.4 Å². The maximum Gasteiger partial charge on any atom is 0.242 e. The van der Waals surface area contributed by atoms with Crippen molar-refractivity contribution in [1.82, 2.24) is 4.72 Å². The number of rotatable bonds is 9. The molecule has 200 valence electrons. The van der Waals surface area contributed by atoms with Crippen molar-refractivity contribution in [3.8, 4) is 0 Å². The summed E-state index contributed by atoms with van der Waals surface area (Å²) in [4.78, 5) is 27.1. The zero-order chi connectivity index (χ0) is 28.2. The fourth-order valence-corrected chi connectivity index (χ4v) is 6.47. The average Bonchev–Trinajstić information content (AvgIpc) is 2.89. The lowest BCUT2D eigenvalue weighted by Crippen LogP contribution is -2.45. The van der Waals surface area contributed by atoms with Gasteiger partial charge in [0.25, 0.3) is 0 Å². The van der Waals surface area contributed by atoms with E-state index in [1.54, 1.807) is 68.4 Å². The van der Waals surface area contributed by atoms with E-state index in [1.807, 2.05) is 37.3 Å². The van der Waals surface area contributed by atoms with Gasteiger partial charge in [-0.2, -0.15) is 4.72 Å². The molecule has 0 unspecified atom stereocenters. The van der Waals surface area contributed by atoms with Crippen LogP contribution in [-0.2, 0) is 21.2 Å². The van der Waals surface area contributed by atoms with Crippen LogP contribution in [-0.4, -0.2) is 26.2 Å². The zero-order valence-corrected chi connectivity index (χ0v) is 23.4. The summed E-state index contributed by atoms with van der Waals surface area (Å²) in [6, 6.07) is 24.8. The van der Waals surface area contributed by atoms with Gasteiger partial charge >= 0.3 is 0 Å². The summed E-state index contributed by atoms with van der Waals surface area (Å²) in [5.74, 6) is -0.922. The van der Waals surface area contributed by atoms with Crippen LogP contribution in [0.1, 0.15) is 38.2 Å². The van der Waals surface area contributed by atoms with Crippen molar-refractivity contribution in [2.24, 2.45) is 0 Å². The number of hydrogen-bond acceptors (Lipinski definition) is 4. The highest BCUT2D eigenvalue weighted by atomic mass is 35.5. The van der Waals surface area contributed by atoms with Crippen molar-refractivity contribution in [3.63, 3.8) is 0 Å². The molecule has 4 rings (SSSR count). The third-order valence-corrected chi connectivity index (χ3v) is 8.30. The predicted molar refractivity (Wildman–Crippen MR) is 155 cm³/mol. The highest BCUT2D eigenvalue weighted by Gasteiger charge is 2.29. The molecular weight excluding hydrogens is 532 g/mol. The number of anilines is 1. The molecule has 8 heteroatoms. The number of aryl methyl sites for hydroxylation is 3. The summed E-state index contributed by atoms with van der Waals surface area (Å²) in [5, 5.41) is 3.11. The molecule has 0 aliphatic rings. The second kappa shape index (κ2) is 11.9. The summed E-state index contributed by atoms with van der Waals surface area (Å²) in [6.07, 6.45) is 0.103. The number of amides is 1. The summed E-state index contributed by atoms with van der Waals surface area (Å²) in [5.41, 5.74) is 3.77. The van der Waals surface area contributed by atoms with Gasteiger partial charge in [0.1, 0.15) is 6.04 Å². The Bertz CT molecular complexity index is 1600. The zero-order valence-electron chi connectivity index (χ0n) is 21.9. The number of nitrogens with one attached hydrogen (secondary N) is 2. The Morgan fingerprint density at radius 2 is 1.41 bits per heavy atom. The summed E-state index contributed by atoms with van der Waals surface area (Å²) in [7, 11) is -4.07. The lowest BCUT2D eigenvalue weighted by Gasteiger charge is -2.21. The summed E-state index contributed by atoms with van der Waals surface area (Å²) >= 11 is 6.19. The Morgan fingerprint density at radius 1 is 0.821 bits per heavy atom. The minimum Gasteiger partial charge on any atom is -0.324 e. The fraction of sp³-hybridized carbons (Fsp3) is 0.161. The fourth-order valence-electron chi connectivity index (χ4n) is 4.65. The Labute approximate surface area is 234 Å². The average molecular weight is 561 g/mol. The van der Waals surface area contributed by atoms with Gasteiger partial charge in [-0.15, -0.1) is 0 Å². The van der Waals surface area contributed by atoms with E-state index in [0.717, 1.165) is 11.1 Å². The number of benzene rings is 4. The van der Waals surface area contributed by atoms with Gasteiger partial charge < -0.3 is 5.32 Å². The predicted octanol–water partition coefficient (Wildman–Crippen LogP) is 6.02. The molecule has 0 bridgehead atoms. The van der Waals surface area contributed by atoms with Crippen LogP contribution in [0.4, 0.5) is 5.69 Å². The number of ketones is 1. The first-order valence-corrected chi connectivity index (χ1v) is 14.3. The molecule has 4 aromatic rings. The van der Waals surface area contributed by atoms with E-state index >= 15 is 0 Å². The van der Waals surface area contributed by atoms with Crippen molar-refractivity contribution in [2.45, 2.75) is 38.1 Å². The molecule has 0 aromatic heterocycles. The molecule has 0 saturated heterocycles. The largest absolute Gasteiger partial charge is 0.324 e. The first-order chi connectivity index (χ1) is 18.5. The molecule has 0 radical (unpaired) electrons. The van der Waals surface area contributed by atoms with Gasteiger partial charge in [0.15, 0.2) is 5.78 Å². The van der Waals surface area contributed by atoms with Crippen molar-refractivity contribution in [1.29, 1.82) is 0 Å². The molecule has 0 heterocycles. The standard InChI is InChI=1S/C31H29ClN2O4S/c1-20-16-21(2)30(22(3)17-20)39(37,38)34-28(18-23-10-6-4-7-11-23)31(36)33-27-15-14-25(32)19-26(27)29(35)24-12-8-5-9-13-24/h4-17,19,28,34H,18H2,1-3H3,(H,33,36)/t28-/m0/s1. The normalized spacial score (nSPS) is 12.1. The Hall–Kier alpha value is -3.78. The molecular formula is C31H29ClN2O4S. The van der Waals surface area contributed by atoms with Crippen LogP contribution in [0, 0.1) is 20.8 Å². The number of halogens is 1. The Balaban J connectivity index is 1.69. The molecule has 2 N–H and O–H groups in total. The highest BCUT2D eigenvalue weighted by molar-refractivity contribution is 7.89. The van der Waals surface area contributed by atoms with Gasteiger partial charge in [0, 0.05) is 16.1 Å². The van der Waals surface area contributed by atoms with Gasteiger partial charge in [-0.3, -0.25) is 9.59 Å². The number of sulfonamides is 1. The van der Waals surface area contributed by atoms with E-state index in [4.69, 9.17) is 11.6 Å². The molecule has 39 heavy (non-hydrogen) atoms. The van der Waals surface area contributed by atoms with Crippen LogP contribution in [0.15, 0.2) is 95.9 Å². The van der Waals surface area contributed by atoms with E-state index in [1.165, 1.54) is 6.07 Å². The molecule has 1 atom stereocenters. The molecule has 4 aromatic carbocycles. The second-order valence-corrected chi connectivity index (χ2v) is 11.6. The van der Waals surface area contributed by atoms with E-state index in [9.17, 15) is 18.0 Å². The van der Waals surface area contributed by atoms with Gasteiger partial charge in [0.2, 0.25) is 15.9 Å². The van der Waals surface area contributed by atoms with Gasteiger partial charge in [-0.1, -0.05) is 90.0 Å². The van der Waals surface area contributed by atoms with Crippen molar-refractivity contribution in [3.05, 3.63) is 129 Å². The summed E-state index contributed by atoms with van der Waals surface area (Å²) in [6.45, 7) is 5.36. The third kappa shape index (κ3) is 6.81. The van der Waals surface area contributed by atoms with Crippen molar-refractivity contribution in [2.75, 3.05) is 5.32 Å². The topological polar surface area (TPSA) is 92.3 Å². The van der Waals surface area contributed by atoms with Crippen LogP contribution in [0.5, 0.6) is 0 Å². The molecule has 1 amide bonds. The van der Waals surface area contributed by atoms with Crippen LogP contribution in [0.2, 0.25) is 5.02 Å². The minimum atomic E-state index is -4.07. The lowest BCUT2D eigenvalue weighted by atomic mass is 10.0. The van der Waals surface area contributed by atoms with Crippen molar-refractivity contribution >= 4 is 39.0 Å². The molecule has 0 spiro atoms. The van der Waals surface area contributed by atoms with E-state index < -0.39 is 22.0 Å². The maximum atomic E-state index is 13.7. The van der Waals surface area contributed by atoms with Crippen LogP contribution >= 0.6 is 11.6 Å². The number of hydrogen-bond donors (Lipinski definition) is 2. The smallest absolute Gasteiger partial charge is 0.242 e. The van der Waals surface area contributed by atoms with Crippen LogP contribution < -0.4 is 10.0 Å². The Kier molecular flexibility index (Phi) is 8.65. The highest BCUT2D eigenvalue weighted by Crippen LogP contribution is 2.25. The molecule has 0 aliphatic carbocycles. The van der Waals surface area contributed by atoms with E-state index in [0.29, 0.717) is 21.7 Å². The van der Waals surface area contributed by atoms with Gasteiger partial charge in [0.05, 0.1) is 10.6 Å². The summed E-state index contributed by atoms with van der Waals surface area (Å²) < 4.78 is 29.8. The molecule has 0 fully saturated rings. The molecule has 0 aliphatic heterocycles. The van der Waals surface area contributed by atoms with Crippen LogP contribution in [0.25, 0.3) is 0 Å². The van der Waals surface area contributed by atoms with Gasteiger partial charge in [-0.05, 0) is 62.1 Å². The van der Waals surface area contributed by atoms with Crippen LogP contribution in [0.3, 0.4) is 0 Å². The third-order valence-electron chi connectivity index (χ3n) is 6.29. The second-order valence-electron chi connectivity index (χ2n) is 9.47. The number of carbonyl (C=O) groups is 2. The number of carbonyl (C=O) groups excluding carboxylic acids is 2. The SMILES string of the molecule is Cc1cc(C)c(S(=O)(=O)N[C@@H](Cc2ccccc2)C(=O)Nc2ccc(Cl)cc2C(=O)c2ccccc2)c(C)c1. The van der Waals surface area contributed by atoms with E-state index in [2.05, 4.69) is 10.0 Å². The first kappa shape index (κ1) is 28.2. The van der Waals surface area contributed by atoms with Crippen molar-refractivity contribution < 1.29 is 18.0 Å². The van der Waals surface area contributed by atoms with Gasteiger partial charge in [-0.25, -0.2) is 8.42 Å². The maximum absolute atomic E-state index is 13.7. The molecule has 6 nitrogen and oxygen atoms in total. The molecule has 0 saturated carbocycles.